The average Bonchev–Trinajstić information content (AvgIpc) is 2.61. The van der Waals surface area contributed by atoms with Gasteiger partial charge in [-0.05, 0) is 5.56 Å². The molecule has 0 saturated heterocycles. The molecular formula is C18H12N2OS2. The molecule has 0 aliphatic rings. The number of aromatic nitrogens is 1. The van der Waals surface area contributed by atoms with Crippen LogP contribution in [0.2, 0.25) is 0 Å². The lowest BCUT2D eigenvalue weighted by Crippen LogP contribution is -2.05. The number of nitrogens with zero attached hydrogens (tertiary/aromatic N) is 2. The molecule has 0 radical (unpaired) electrons. The molecule has 0 amide bonds. The standard InChI is InChI=1S/C18H12N2OS2/c19-11-15-17(22-12-13-7-3-1-4-8-13)20-16(23-18(15)21)14-9-5-2-6-10-14/h1-10H,12H2. The fraction of sp³-hybridized carbons (Fsp3) is 0.0556. The molecule has 0 fully saturated rings. The van der Waals surface area contributed by atoms with Gasteiger partial charge in [0, 0.05) is 11.3 Å². The van der Waals surface area contributed by atoms with Gasteiger partial charge >= 0.3 is 0 Å². The van der Waals surface area contributed by atoms with Gasteiger partial charge in [-0.3, -0.25) is 4.79 Å². The molecule has 0 unspecified atom stereocenters. The molecule has 3 nitrogen and oxygen atoms in total. The zero-order chi connectivity index (χ0) is 16.1. The van der Waals surface area contributed by atoms with Crippen molar-refractivity contribution in [2.75, 3.05) is 0 Å². The van der Waals surface area contributed by atoms with E-state index in [1.54, 1.807) is 0 Å². The third-order valence-corrected chi connectivity index (χ3v) is 5.12. The van der Waals surface area contributed by atoms with Crippen LogP contribution in [0.15, 0.2) is 70.5 Å². The van der Waals surface area contributed by atoms with Crippen molar-refractivity contribution in [1.29, 1.82) is 5.26 Å². The first-order valence-corrected chi connectivity index (χ1v) is 8.75. The maximum atomic E-state index is 12.2. The van der Waals surface area contributed by atoms with E-state index < -0.39 is 0 Å². The minimum atomic E-state index is -0.239. The molecule has 2 aromatic carbocycles. The molecule has 1 heterocycles. The summed E-state index contributed by atoms with van der Waals surface area (Å²) in [5, 5.41) is 10.4. The first-order valence-electron chi connectivity index (χ1n) is 6.95. The molecule has 1 aromatic heterocycles. The van der Waals surface area contributed by atoms with Crippen LogP contribution in [0.25, 0.3) is 10.6 Å². The highest BCUT2D eigenvalue weighted by atomic mass is 32.2. The molecule has 0 bridgehead atoms. The zero-order valence-electron chi connectivity index (χ0n) is 12.1. The van der Waals surface area contributed by atoms with Crippen LogP contribution in [0.5, 0.6) is 0 Å². The Morgan fingerprint density at radius 1 is 1.04 bits per heavy atom. The molecule has 0 atom stereocenters. The summed E-state index contributed by atoms with van der Waals surface area (Å²) in [5.41, 5.74) is 2.15. The van der Waals surface area contributed by atoms with Crippen LogP contribution >= 0.6 is 23.1 Å². The Morgan fingerprint density at radius 3 is 2.35 bits per heavy atom. The van der Waals surface area contributed by atoms with E-state index in [-0.39, 0.29) is 10.3 Å². The second-order valence-corrected chi connectivity index (χ2v) is 6.66. The SMILES string of the molecule is N#Cc1c(SCc2ccccc2)nc(-c2ccccc2)sc1=O. The number of hydrogen-bond acceptors (Lipinski definition) is 5. The minimum absolute atomic E-state index is 0.135. The van der Waals surface area contributed by atoms with E-state index in [1.807, 2.05) is 66.7 Å². The number of hydrogen-bond donors (Lipinski definition) is 0. The maximum absolute atomic E-state index is 12.2. The third-order valence-electron chi connectivity index (χ3n) is 3.16. The predicted octanol–water partition coefficient (Wildman–Crippen LogP) is 4.33. The Morgan fingerprint density at radius 2 is 1.70 bits per heavy atom. The highest BCUT2D eigenvalue weighted by Gasteiger charge is 2.13. The second-order valence-electron chi connectivity index (χ2n) is 4.74. The van der Waals surface area contributed by atoms with Crippen LogP contribution in [-0.2, 0) is 5.75 Å². The fourth-order valence-corrected chi connectivity index (χ4v) is 3.89. The largest absolute Gasteiger partial charge is 0.276 e. The van der Waals surface area contributed by atoms with E-state index in [2.05, 4.69) is 4.98 Å². The maximum Gasteiger partial charge on any atom is 0.254 e. The summed E-state index contributed by atoms with van der Waals surface area (Å²) in [5.74, 6) is 0.671. The van der Waals surface area contributed by atoms with Crippen LogP contribution in [-0.4, -0.2) is 4.98 Å². The number of thioether (sulfide) groups is 1. The van der Waals surface area contributed by atoms with Gasteiger partial charge in [0.25, 0.3) is 4.74 Å². The molecule has 5 heteroatoms. The molecule has 0 spiro atoms. The van der Waals surface area contributed by atoms with Crippen LogP contribution in [0.3, 0.4) is 0 Å². The highest BCUT2D eigenvalue weighted by Crippen LogP contribution is 2.27. The first kappa shape index (κ1) is 15.5. The number of nitriles is 1. The molecule has 3 aromatic rings. The molecule has 23 heavy (non-hydrogen) atoms. The van der Waals surface area contributed by atoms with Gasteiger partial charge in [-0.1, -0.05) is 72.0 Å². The number of benzene rings is 2. The Labute approximate surface area is 142 Å². The molecule has 0 N–H and O–H groups in total. The lowest BCUT2D eigenvalue weighted by atomic mass is 10.2. The quantitative estimate of drug-likeness (QED) is 0.665. The summed E-state index contributed by atoms with van der Waals surface area (Å²) in [6.07, 6.45) is 0. The molecule has 112 valence electrons. The third kappa shape index (κ3) is 3.67. The normalized spacial score (nSPS) is 10.2. The van der Waals surface area contributed by atoms with E-state index in [4.69, 9.17) is 0 Å². The first-order chi connectivity index (χ1) is 11.3. The molecule has 3 rings (SSSR count). The van der Waals surface area contributed by atoms with Gasteiger partial charge < -0.3 is 0 Å². The Hall–Kier alpha value is -2.42. The summed E-state index contributed by atoms with van der Waals surface area (Å²) < 4.78 is -0.239. The molecule has 0 aliphatic heterocycles. The van der Waals surface area contributed by atoms with E-state index >= 15 is 0 Å². The highest BCUT2D eigenvalue weighted by molar-refractivity contribution is 7.98. The van der Waals surface area contributed by atoms with Crippen LogP contribution in [0.4, 0.5) is 0 Å². The topological polar surface area (TPSA) is 53.8 Å². The van der Waals surface area contributed by atoms with Gasteiger partial charge in [0.05, 0.1) is 0 Å². The van der Waals surface area contributed by atoms with Crippen molar-refractivity contribution >= 4 is 23.1 Å². The summed E-state index contributed by atoms with van der Waals surface area (Å²) in [6.45, 7) is 0. The van der Waals surface area contributed by atoms with Gasteiger partial charge in [0.1, 0.15) is 21.7 Å². The summed E-state index contributed by atoms with van der Waals surface area (Å²) >= 11 is 2.44. The van der Waals surface area contributed by atoms with Gasteiger partial charge in [-0.25, -0.2) is 4.98 Å². The summed E-state index contributed by atoms with van der Waals surface area (Å²) in [4.78, 5) is 16.8. The predicted molar refractivity (Wildman–Crippen MR) is 94.5 cm³/mol. The van der Waals surface area contributed by atoms with Crippen molar-refractivity contribution in [2.24, 2.45) is 0 Å². The monoisotopic (exact) mass is 336 g/mol. The summed E-state index contributed by atoms with van der Waals surface area (Å²) in [6, 6.07) is 21.5. The van der Waals surface area contributed by atoms with E-state index in [0.717, 1.165) is 22.5 Å². The molecular weight excluding hydrogens is 324 g/mol. The van der Waals surface area contributed by atoms with Crippen molar-refractivity contribution in [3.63, 3.8) is 0 Å². The van der Waals surface area contributed by atoms with E-state index in [9.17, 15) is 10.1 Å². The Balaban J connectivity index is 1.96. The van der Waals surface area contributed by atoms with E-state index in [1.165, 1.54) is 11.8 Å². The van der Waals surface area contributed by atoms with Crippen molar-refractivity contribution in [3.05, 3.63) is 81.3 Å². The minimum Gasteiger partial charge on any atom is -0.276 e. The van der Waals surface area contributed by atoms with Crippen molar-refractivity contribution in [2.45, 2.75) is 10.8 Å². The number of rotatable bonds is 4. The van der Waals surface area contributed by atoms with Crippen LogP contribution in [0, 0.1) is 11.3 Å². The van der Waals surface area contributed by atoms with Gasteiger partial charge in [0.2, 0.25) is 0 Å². The Bertz CT molecular complexity index is 900. The fourth-order valence-electron chi connectivity index (χ4n) is 2.03. The second kappa shape index (κ2) is 7.23. The Kier molecular flexibility index (Phi) is 4.86. The van der Waals surface area contributed by atoms with Crippen molar-refractivity contribution < 1.29 is 0 Å². The lowest BCUT2D eigenvalue weighted by molar-refractivity contribution is 1.13. The lowest BCUT2D eigenvalue weighted by Gasteiger charge is -2.05. The average molecular weight is 336 g/mol. The van der Waals surface area contributed by atoms with Gasteiger partial charge in [-0.15, -0.1) is 11.8 Å². The van der Waals surface area contributed by atoms with Gasteiger partial charge in [0.15, 0.2) is 0 Å². The smallest absolute Gasteiger partial charge is 0.254 e. The van der Waals surface area contributed by atoms with E-state index in [0.29, 0.717) is 15.8 Å². The molecule has 0 saturated carbocycles. The van der Waals surface area contributed by atoms with Gasteiger partial charge in [-0.2, -0.15) is 5.26 Å². The van der Waals surface area contributed by atoms with Crippen LogP contribution < -0.4 is 4.74 Å². The zero-order valence-corrected chi connectivity index (χ0v) is 13.7. The molecule has 0 aliphatic carbocycles. The summed E-state index contributed by atoms with van der Waals surface area (Å²) in [7, 11) is 0. The van der Waals surface area contributed by atoms with Crippen molar-refractivity contribution in [3.8, 4) is 16.6 Å². The van der Waals surface area contributed by atoms with Crippen molar-refractivity contribution in [1.82, 2.24) is 4.98 Å². The van der Waals surface area contributed by atoms with Crippen LogP contribution in [0.1, 0.15) is 11.1 Å².